The van der Waals surface area contributed by atoms with E-state index in [0.717, 1.165) is 19.3 Å². The quantitative estimate of drug-likeness (QED) is 0.755. The molecule has 0 N–H and O–H groups in total. The molecule has 27 heavy (non-hydrogen) atoms. The Balaban J connectivity index is 1.82. The molecule has 1 aliphatic heterocycles. The molecule has 0 bridgehead atoms. The highest BCUT2D eigenvalue weighted by atomic mass is 16.5. The van der Waals surface area contributed by atoms with Crippen LogP contribution in [0.25, 0.3) is 0 Å². The Morgan fingerprint density at radius 1 is 1.37 bits per heavy atom. The number of hydrogen-bond donors (Lipinski definition) is 0. The van der Waals surface area contributed by atoms with Crippen LogP contribution in [0.15, 0.2) is 10.7 Å². The summed E-state index contributed by atoms with van der Waals surface area (Å²) in [6.07, 6.45) is 4.94. The monoisotopic (exact) mass is 374 g/mol. The highest BCUT2D eigenvalue weighted by Crippen LogP contribution is 2.31. The SMILES string of the molecule is COCCc1noc([C@H]2CCCCN2C(=O)c2cnc(N(C)C)nc2C)n1. The van der Waals surface area contributed by atoms with E-state index in [4.69, 9.17) is 9.26 Å². The van der Waals surface area contributed by atoms with Gasteiger partial charge < -0.3 is 19.1 Å². The average Bonchev–Trinajstić information content (AvgIpc) is 3.14. The van der Waals surface area contributed by atoms with Crippen molar-refractivity contribution in [1.82, 2.24) is 25.0 Å². The Kier molecular flexibility index (Phi) is 6.00. The lowest BCUT2D eigenvalue weighted by Crippen LogP contribution is -2.39. The molecule has 0 aromatic carbocycles. The molecule has 0 aliphatic carbocycles. The summed E-state index contributed by atoms with van der Waals surface area (Å²) in [6.45, 7) is 3.01. The summed E-state index contributed by atoms with van der Waals surface area (Å²) < 4.78 is 10.5. The van der Waals surface area contributed by atoms with Crippen LogP contribution in [-0.4, -0.2) is 65.3 Å². The van der Waals surface area contributed by atoms with Gasteiger partial charge in [0, 0.05) is 40.4 Å². The molecule has 0 saturated carbocycles. The van der Waals surface area contributed by atoms with Crippen LogP contribution in [0.4, 0.5) is 5.95 Å². The van der Waals surface area contributed by atoms with E-state index in [2.05, 4.69) is 20.1 Å². The summed E-state index contributed by atoms with van der Waals surface area (Å²) in [5, 5.41) is 4.01. The molecule has 3 rings (SSSR count). The minimum Gasteiger partial charge on any atom is -0.384 e. The smallest absolute Gasteiger partial charge is 0.257 e. The van der Waals surface area contributed by atoms with Crippen molar-refractivity contribution in [2.45, 2.75) is 38.6 Å². The van der Waals surface area contributed by atoms with Crippen molar-refractivity contribution in [3.63, 3.8) is 0 Å². The molecule has 2 aromatic rings. The Labute approximate surface area is 158 Å². The number of methoxy groups -OCH3 is 1. The van der Waals surface area contributed by atoms with Gasteiger partial charge in [0.2, 0.25) is 11.8 Å². The van der Waals surface area contributed by atoms with Gasteiger partial charge in [0.1, 0.15) is 6.04 Å². The Morgan fingerprint density at radius 3 is 2.89 bits per heavy atom. The Morgan fingerprint density at radius 2 is 2.19 bits per heavy atom. The zero-order valence-corrected chi connectivity index (χ0v) is 16.3. The largest absolute Gasteiger partial charge is 0.384 e. The second-order valence-corrected chi connectivity index (χ2v) is 6.87. The molecule has 146 valence electrons. The maximum Gasteiger partial charge on any atom is 0.257 e. The van der Waals surface area contributed by atoms with Gasteiger partial charge in [-0.15, -0.1) is 0 Å². The number of aromatic nitrogens is 4. The second-order valence-electron chi connectivity index (χ2n) is 6.87. The first kappa shape index (κ1) is 19.2. The number of piperidine rings is 1. The maximum absolute atomic E-state index is 13.2. The molecule has 3 heterocycles. The molecule has 0 unspecified atom stereocenters. The molecule has 1 atom stereocenters. The predicted octanol–water partition coefficient (Wildman–Crippen LogP) is 1.79. The van der Waals surface area contributed by atoms with Crippen LogP contribution >= 0.6 is 0 Å². The first-order valence-electron chi connectivity index (χ1n) is 9.14. The van der Waals surface area contributed by atoms with E-state index in [0.29, 0.717) is 48.5 Å². The minimum atomic E-state index is -0.219. The molecule has 1 fully saturated rings. The first-order chi connectivity index (χ1) is 13.0. The van der Waals surface area contributed by atoms with Crippen LogP contribution < -0.4 is 4.90 Å². The van der Waals surface area contributed by atoms with Crippen molar-refractivity contribution in [1.29, 1.82) is 0 Å². The standard InChI is InChI=1S/C18H26N6O3/c1-12-13(11-19-18(20-12)23(2)3)17(25)24-9-6-5-7-14(24)16-21-15(22-27-16)8-10-26-4/h11,14H,5-10H2,1-4H3/t14-/m1/s1. The molecule has 9 heteroatoms. The Hall–Kier alpha value is -2.55. The van der Waals surface area contributed by atoms with Crippen molar-refractivity contribution in [2.24, 2.45) is 0 Å². The molecule has 2 aromatic heterocycles. The van der Waals surface area contributed by atoms with Crippen LogP contribution in [0.3, 0.4) is 0 Å². The lowest BCUT2D eigenvalue weighted by atomic mass is 10.0. The van der Waals surface area contributed by atoms with Crippen molar-refractivity contribution in [3.05, 3.63) is 29.2 Å². The first-order valence-corrected chi connectivity index (χ1v) is 9.14. The third-order valence-electron chi connectivity index (χ3n) is 4.66. The van der Waals surface area contributed by atoms with Gasteiger partial charge in [0.05, 0.1) is 17.9 Å². The molecular formula is C18H26N6O3. The molecule has 9 nitrogen and oxygen atoms in total. The zero-order chi connectivity index (χ0) is 19.4. The number of likely N-dealkylation sites (tertiary alicyclic amines) is 1. The van der Waals surface area contributed by atoms with E-state index in [1.54, 1.807) is 18.2 Å². The van der Waals surface area contributed by atoms with Crippen molar-refractivity contribution >= 4 is 11.9 Å². The molecule has 0 radical (unpaired) electrons. The summed E-state index contributed by atoms with van der Waals surface area (Å²) in [5.74, 6) is 1.57. The number of ether oxygens (including phenoxy) is 1. The van der Waals surface area contributed by atoms with Crippen LogP contribution in [-0.2, 0) is 11.2 Å². The molecule has 1 amide bonds. The molecular weight excluding hydrogens is 348 g/mol. The number of hydrogen-bond acceptors (Lipinski definition) is 8. The van der Waals surface area contributed by atoms with Gasteiger partial charge >= 0.3 is 0 Å². The lowest BCUT2D eigenvalue weighted by molar-refractivity contribution is 0.0559. The van der Waals surface area contributed by atoms with Gasteiger partial charge in [-0.2, -0.15) is 4.98 Å². The highest BCUT2D eigenvalue weighted by molar-refractivity contribution is 5.95. The molecule has 1 saturated heterocycles. The highest BCUT2D eigenvalue weighted by Gasteiger charge is 2.33. The van der Waals surface area contributed by atoms with Crippen molar-refractivity contribution in [2.75, 3.05) is 39.3 Å². The van der Waals surface area contributed by atoms with Crippen LogP contribution in [0.5, 0.6) is 0 Å². The van der Waals surface area contributed by atoms with E-state index in [1.807, 2.05) is 25.9 Å². The fourth-order valence-corrected chi connectivity index (χ4v) is 3.16. The van der Waals surface area contributed by atoms with Crippen molar-refractivity contribution < 1.29 is 14.1 Å². The van der Waals surface area contributed by atoms with E-state index in [9.17, 15) is 4.79 Å². The predicted molar refractivity (Wildman–Crippen MR) is 98.6 cm³/mol. The van der Waals surface area contributed by atoms with Gasteiger partial charge in [-0.1, -0.05) is 5.16 Å². The summed E-state index contributed by atoms with van der Waals surface area (Å²) in [4.78, 5) is 30.0. The number of aryl methyl sites for hydroxylation is 1. The lowest BCUT2D eigenvalue weighted by Gasteiger charge is -2.33. The number of amides is 1. The number of carbonyl (C=O) groups is 1. The van der Waals surface area contributed by atoms with Gasteiger partial charge in [0.25, 0.3) is 5.91 Å². The van der Waals surface area contributed by atoms with E-state index in [1.165, 1.54) is 0 Å². The van der Waals surface area contributed by atoms with Crippen molar-refractivity contribution in [3.8, 4) is 0 Å². The number of rotatable bonds is 6. The van der Waals surface area contributed by atoms with Gasteiger partial charge in [0.15, 0.2) is 5.82 Å². The van der Waals surface area contributed by atoms with Gasteiger partial charge in [-0.25, -0.2) is 9.97 Å². The second kappa shape index (κ2) is 8.43. The summed E-state index contributed by atoms with van der Waals surface area (Å²) in [7, 11) is 5.37. The minimum absolute atomic E-state index is 0.0980. The van der Waals surface area contributed by atoms with Crippen LogP contribution in [0.2, 0.25) is 0 Å². The summed E-state index contributed by atoms with van der Waals surface area (Å²) in [5.41, 5.74) is 1.17. The number of anilines is 1. The Bertz CT molecular complexity index is 791. The topological polar surface area (TPSA) is 97.5 Å². The van der Waals surface area contributed by atoms with Gasteiger partial charge in [-0.05, 0) is 26.2 Å². The number of nitrogens with zero attached hydrogens (tertiary/aromatic N) is 6. The third-order valence-corrected chi connectivity index (χ3v) is 4.66. The van der Waals surface area contributed by atoms with E-state index < -0.39 is 0 Å². The summed E-state index contributed by atoms with van der Waals surface area (Å²) >= 11 is 0. The third kappa shape index (κ3) is 4.24. The fourth-order valence-electron chi connectivity index (χ4n) is 3.16. The zero-order valence-electron chi connectivity index (χ0n) is 16.3. The normalized spacial score (nSPS) is 17.2. The number of carbonyl (C=O) groups excluding carboxylic acids is 1. The fraction of sp³-hybridized carbons (Fsp3) is 0.611. The van der Waals surface area contributed by atoms with Crippen LogP contribution in [0.1, 0.15) is 53.1 Å². The van der Waals surface area contributed by atoms with E-state index in [-0.39, 0.29) is 11.9 Å². The average molecular weight is 374 g/mol. The van der Waals surface area contributed by atoms with Crippen LogP contribution in [0, 0.1) is 6.92 Å². The molecule has 0 spiro atoms. The maximum atomic E-state index is 13.2. The van der Waals surface area contributed by atoms with E-state index >= 15 is 0 Å². The molecule has 1 aliphatic rings. The van der Waals surface area contributed by atoms with Gasteiger partial charge in [-0.3, -0.25) is 4.79 Å². The summed E-state index contributed by atoms with van der Waals surface area (Å²) in [6, 6.07) is -0.219.